The molecule has 1 aliphatic carbocycles. The van der Waals surface area contributed by atoms with Crippen LogP contribution in [-0.2, 0) is 5.41 Å². The molecule has 1 saturated carbocycles. The number of nitrogens with two attached hydrogens (primary N) is 1. The molecule has 0 aromatic carbocycles. The van der Waals surface area contributed by atoms with Crippen molar-refractivity contribution in [1.82, 2.24) is 4.98 Å². The first-order valence-electron chi connectivity index (χ1n) is 5.62. The molecule has 2 rings (SSSR count). The zero-order valence-electron chi connectivity index (χ0n) is 9.50. The van der Waals surface area contributed by atoms with Crippen LogP contribution in [0, 0.1) is 0 Å². The van der Waals surface area contributed by atoms with Crippen molar-refractivity contribution in [2.75, 3.05) is 13.7 Å². The van der Waals surface area contributed by atoms with Crippen molar-refractivity contribution >= 4 is 15.9 Å². The molecule has 1 aromatic rings. The van der Waals surface area contributed by atoms with E-state index in [1.165, 1.54) is 12.8 Å². The minimum Gasteiger partial charge on any atom is -0.481 e. The highest BCUT2D eigenvalue weighted by Crippen LogP contribution is 2.43. The zero-order chi connectivity index (χ0) is 11.6. The van der Waals surface area contributed by atoms with E-state index in [0.29, 0.717) is 6.54 Å². The van der Waals surface area contributed by atoms with Gasteiger partial charge < -0.3 is 10.5 Å². The van der Waals surface area contributed by atoms with Gasteiger partial charge in [-0.05, 0) is 34.8 Å². The summed E-state index contributed by atoms with van der Waals surface area (Å²) in [5, 5.41) is 0. The van der Waals surface area contributed by atoms with Gasteiger partial charge in [0.1, 0.15) is 0 Å². The van der Waals surface area contributed by atoms with Crippen LogP contribution in [0.15, 0.2) is 16.7 Å². The first kappa shape index (κ1) is 11.9. The molecule has 1 aromatic heterocycles. The van der Waals surface area contributed by atoms with Gasteiger partial charge in [0.15, 0.2) is 0 Å². The molecule has 0 atom stereocenters. The van der Waals surface area contributed by atoms with Crippen LogP contribution in [0.1, 0.15) is 31.2 Å². The maximum Gasteiger partial charge on any atom is 0.216 e. The van der Waals surface area contributed by atoms with Crippen molar-refractivity contribution in [2.45, 2.75) is 31.1 Å². The second-order valence-electron chi connectivity index (χ2n) is 4.40. The van der Waals surface area contributed by atoms with E-state index in [9.17, 15) is 0 Å². The number of hydrogen-bond donors (Lipinski definition) is 1. The molecule has 4 heteroatoms. The summed E-state index contributed by atoms with van der Waals surface area (Å²) in [6.45, 7) is 0.668. The van der Waals surface area contributed by atoms with Crippen LogP contribution in [0.4, 0.5) is 0 Å². The lowest BCUT2D eigenvalue weighted by Gasteiger charge is -2.28. The van der Waals surface area contributed by atoms with E-state index >= 15 is 0 Å². The number of aromatic nitrogens is 1. The largest absolute Gasteiger partial charge is 0.481 e. The SMILES string of the molecule is COc1ncc(Br)cc1C1(CN)CCCC1. The Kier molecular flexibility index (Phi) is 3.50. The first-order chi connectivity index (χ1) is 7.72. The molecule has 1 aliphatic rings. The van der Waals surface area contributed by atoms with Crippen molar-refractivity contribution in [3.8, 4) is 5.88 Å². The summed E-state index contributed by atoms with van der Waals surface area (Å²) in [7, 11) is 1.67. The highest BCUT2D eigenvalue weighted by Gasteiger charge is 2.37. The number of methoxy groups -OCH3 is 1. The van der Waals surface area contributed by atoms with E-state index < -0.39 is 0 Å². The van der Waals surface area contributed by atoms with E-state index in [2.05, 4.69) is 27.0 Å². The van der Waals surface area contributed by atoms with Crippen molar-refractivity contribution < 1.29 is 4.74 Å². The number of rotatable bonds is 3. The quantitative estimate of drug-likeness (QED) is 0.928. The summed E-state index contributed by atoms with van der Waals surface area (Å²) in [5.74, 6) is 0.718. The van der Waals surface area contributed by atoms with Gasteiger partial charge >= 0.3 is 0 Å². The number of ether oxygens (including phenoxy) is 1. The van der Waals surface area contributed by atoms with E-state index in [4.69, 9.17) is 10.5 Å². The highest BCUT2D eigenvalue weighted by atomic mass is 79.9. The summed E-state index contributed by atoms with van der Waals surface area (Å²) in [5.41, 5.74) is 7.20. The van der Waals surface area contributed by atoms with Gasteiger partial charge in [0, 0.05) is 28.2 Å². The Labute approximate surface area is 105 Å². The lowest BCUT2D eigenvalue weighted by molar-refractivity contribution is 0.363. The lowest BCUT2D eigenvalue weighted by Crippen LogP contribution is -2.32. The fraction of sp³-hybridized carbons (Fsp3) is 0.583. The third-order valence-corrected chi connectivity index (χ3v) is 3.97. The summed E-state index contributed by atoms with van der Waals surface area (Å²) in [6, 6.07) is 2.10. The number of hydrogen-bond acceptors (Lipinski definition) is 3. The Bertz CT molecular complexity index is 375. The van der Waals surface area contributed by atoms with Crippen molar-refractivity contribution in [3.05, 3.63) is 22.3 Å². The smallest absolute Gasteiger partial charge is 0.216 e. The molecule has 0 spiro atoms. The fourth-order valence-electron chi connectivity index (χ4n) is 2.60. The van der Waals surface area contributed by atoms with E-state index in [0.717, 1.165) is 28.8 Å². The van der Waals surface area contributed by atoms with Gasteiger partial charge in [0.2, 0.25) is 5.88 Å². The summed E-state index contributed by atoms with van der Waals surface area (Å²) in [6.07, 6.45) is 6.53. The van der Waals surface area contributed by atoms with Crippen molar-refractivity contribution in [3.63, 3.8) is 0 Å². The number of nitrogens with zero attached hydrogens (tertiary/aromatic N) is 1. The van der Waals surface area contributed by atoms with Crippen LogP contribution in [-0.4, -0.2) is 18.6 Å². The lowest BCUT2D eigenvalue weighted by atomic mass is 9.79. The average Bonchev–Trinajstić information content (AvgIpc) is 2.78. The maximum atomic E-state index is 5.98. The number of halogens is 1. The second-order valence-corrected chi connectivity index (χ2v) is 5.32. The molecule has 0 radical (unpaired) electrons. The van der Waals surface area contributed by atoms with Gasteiger partial charge in [0.05, 0.1) is 7.11 Å². The Hall–Kier alpha value is -0.610. The molecule has 0 saturated heterocycles. The third-order valence-electron chi connectivity index (χ3n) is 3.53. The standard InChI is InChI=1S/C12H17BrN2O/c1-16-11-10(6-9(13)7-15-11)12(8-14)4-2-3-5-12/h6-7H,2-5,8,14H2,1H3. The molecule has 88 valence electrons. The molecule has 0 unspecified atom stereocenters. The summed E-state index contributed by atoms with van der Waals surface area (Å²) in [4.78, 5) is 4.31. The van der Waals surface area contributed by atoms with Gasteiger partial charge in [-0.1, -0.05) is 12.8 Å². The Morgan fingerprint density at radius 2 is 2.19 bits per heavy atom. The number of pyridine rings is 1. The van der Waals surface area contributed by atoms with E-state index in [-0.39, 0.29) is 5.41 Å². The summed E-state index contributed by atoms with van der Waals surface area (Å²) >= 11 is 3.47. The normalized spacial score (nSPS) is 18.7. The maximum absolute atomic E-state index is 5.98. The van der Waals surface area contributed by atoms with Gasteiger partial charge in [-0.25, -0.2) is 4.98 Å². The molecule has 16 heavy (non-hydrogen) atoms. The molecule has 0 bridgehead atoms. The van der Waals surface area contributed by atoms with Crippen molar-refractivity contribution in [1.29, 1.82) is 0 Å². The Morgan fingerprint density at radius 3 is 2.75 bits per heavy atom. The van der Waals surface area contributed by atoms with Gasteiger partial charge in [-0.15, -0.1) is 0 Å². The predicted octanol–water partition coefficient (Wildman–Crippen LogP) is 2.62. The third kappa shape index (κ3) is 1.96. The van der Waals surface area contributed by atoms with Gasteiger partial charge in [0.25, 0.3) is 0 Å². The molecule has 2 N–H and O–H groups in total. The monoisotopic (exact) mass is 284 g/mol. The van der Waals surface area contributed by atoms with E-state index in [1.54, 1.807) is 13.3 Å². The minimum atomic E-state index is 0.0716. The molecule has 1 heterocycles. The highest BCUT2D eigenvalue weighted by molar-refractivity contribution is 9.10. The fourth-order valence-corrected chi connectivity index (χ4v) is 2.94. The molecule has 0 aliphatic heterocycles. The first-order valence-corrected chi connectivity index (χ1v) is 6.41. The molecular weight excluding hydrogens is 268 g/mol. The van der Waals surface area contributed by atoms with Crippen LogP contribution in [0.25, 0.3) is 0 Å². The molecule has 3 nitrogen and oxygen atoms in total. The van der Waals surface area contributed by atoms with Gasteiger partial charge in [-0.3, -0.25) is 0 Å². The Balaban J connectivity index is 2.47. The summed E-state index contributed by atoms with van der Waals surface area (Å²) < 4.78 is 6.34. The van der Waals surface area contributed by atoms with Crippen LogP contribution in [0.5, 0.6) is 5.88 Å². The van der Waals surface area contributed by atoms with Crippen LogP contribution in [0.2, 0.25) is 0 Å². The zero-order valence-corrected chi connectivity index (χ0v) is 11.1. The Morgan fingerprint density at radius 1 is 1.50 bits per heavy atom. The average molecular weight is 285 g/mol. The van der Waals surface area contributed by atoms with Crippen LogP contribution in [0.3, 0.4) is 0 Å². The molecule has 1 fully saturated rings. The van der Waals surface area contributed by atoms with E-state index in [1.807, 2.05) is 0 Å². The predicted molar refractivity (Wildman–Crippen MR) is 67.7 cm³/mol. The second kappa shape index (κ2) is 4.72. The van der Waals surface area contributed by atoms with Crippen molar-refractivity contribution in [2.24, 2.45) is 5.73 Å². The minimum absolute atomic E-state index is 0.0716. The molecule has 0 amide bonds. The topological polar surface area (TPSA) is 48.1 Å². The van der Waals surface area contributed by atoms with Crippen LogP contribution < -0.4 is 10.5 Å². The van der Waals surface area contributed by atoms with Gasteiger partial charge in [-0.2, -0.15) is 0 Å². The molecular formula is C12H17BrN2O. The van der Waals surface area contributed by atoms with Crippen LogP contribution >= 0.6 is 15.9 Å².